The third-order valence-electron chi connectivity index (χ3n) is 5.93. The van der Waals surface area contributed by atoms with Gasteiger partial charge in [-0.05, 0) is 34.6 Å². The van der Waals surface area contributed by atoms with E-state index in [1.54, 1.807) is 0 Å². The summed E-state index contributed by atoms with van der Waals surface area (Å²) in [5.74, 6) is -1.40. The Hall–Kier alpha value is -3.39. The number of carboxylic acids is 1. The van der Waals surface area contributed by atoms with Crippen LogP contribution in [0.25, 0.3) is 11.1 Å². The summed E-state index contributed by atoms with van der Waals surface area (Å²) in [6.45, 7) is 4.17. The number of methoxy groups -OCH3 is 1. The Labute approximate surface area is 199 Å². The molecule has 0 saturated heterocycles. The van der Waals surface area contributed by atoms with E-state index in [1.807, 2.05) is 50.2 Å². The van der Waals surface area contributed by atoms with Gasteiger partial charge in [-0.15, -0.1) is 0 Å². The Bertz CT molecular complexity index is 976. The summed E-state index contributed by atoms with van der Waals surface area (Å²) in [6.07, 6.45) is -1.12. The van der Waals surface area contributed by atoms with Crippen molar-refractivity contribution in [3.8, 4) is 11.1 Å². The summed E-state index contributed by atoms with van der Waals surface area (Å²) in [4.78, 5) is 36.4. The molecule has 0 fully saturated rings. The maximum atomic E-state index is 12.7. The number of aliphatic carboxylic acids is 1. The monoisotopic (exact) mass is 468 g/mol. The van der Waals surface area contributed by atoms with Crippen LogP contribution in [0.1, 0.15) is 43.7 Å². The van der Waals surface area contributed by atoms with Crippen molar-refractivity contribution < 1.29 is 29.0 Å². The number of hydrogen-bond acceptors (Lipinski definition) is 5. The largest absolute Gasteiger partial charge is 0.479 e. The molecular weight excluding hydrogens is 436 g/mol. The SMILES string of the molecule is COC(CCNC(=O)[C@@H](CC(C)C)NC(=O)OCC1c2ccccc2-c2ccccc21)C(=O)O. The summed E-state index contributed by atoms with van der Waals surface area (Å²) in [7, 11) is 1.31. The number of fused-ring (bicyclic) bond motifs is 3. The van der Waals surface area contributed by atoms with Crippen LogP contribution in [0.4, 0.5) is 4.79 Å². The van der Waals surface area contributed by atoms with Gasteiger partial charge in [-0.1, -0.05) is 62.4 Å². The first-order valence-corrected chi connectivity index (χ1v) is 11.5. The third-order valence-corrected chi connectivity index (χ3v) is 5.93. The fourth-order valence-corrected chi connectivity index (χ4v) is 4.28. The van der Waals surface area contributed by atoms with Gasteiger partial charge in [0.15, 0.2) is 6.10 Å². The molecule has 8 heteroatoms. The number of carbonyl (C=O) groups is 3. The number of hydrogen-bond donors (Lipinski definition) is 3. The van der Waals surface area contributed by atoms with Crippen LogP contribution < -0.4 is 10.6 Å². The second kappa shape index (κ2) is 11.7. The lowest BCUT2D eigenvalue weighted by Crippen LogP contribution is -2.48. The molecule has 2 atom stereocenters. The zero-order valence-corrected chi connectivity index (χ0v) is 19.7. The molecule has 2 amide bonds. The average Bonchev–Trinajstić information content (AvgIpc) is 3.13. The quantitative estimate of drug-likeness (QED) is 0.465. The number of rotatable bonds is 11. The van der Waals surface area contributed by atoms with Crippen molar-refractivity contribution in [3.63, 3.8) is 0 Å². The van der Waals surface area contributed by atoms with Crippen LogP contribution in [-0.2, 0) is 19.1 Å². The van der Waals surface area contributed by atoms with Gasteiger partial charge in [0, 0.05) is 26.0 Å². The van der Waals surface area contributed by atoms with E-state index in [1.165, 1.54) is 7.11 Å². The fourth-order valence-electron chi connectivity index (χ4n) is 4.28. The average molecular weight is 469 g/mol. The number of carbonyl (C=O) groups excluding carboxylic acids is 2. The van der Waals surface area contributed by atoms with E-state index in [9.17, 15) is 14.4 Å². The number of ether oxygens (including phenoxy) is 2. The standard InChI is InChI=1S/C26H32N2O6/c1-16(2)14-22(24(29)27-13-12-23(33-3)25(30)31)28-26(32)34-15-21-19-10-6-4-8-17(19)18-9-5-7-11-20(18)21/h4-11,16,21-23H,12-15H2,1-3H3,(H,27,29)(H,28,32)(H,30,31)/t22-,23?/m1/s1. The van der Waals surface area contributed by atoms with Crippen LogP contribution in [0.5, 0.6) is 0 Å². The lowest BCUT2D eigenvalue weighted by molar-refractivity contribution is -0.149. The highest BCUT2D eigenvalue weighted by atomic mass is 16.5. The molecule has 0 saturated carbocycles. The van der Waals surface area contributed by atoms with Crippen LogP contribution in [-0.4, -0.2) is 55.5 Å². The minimum atomic E-state index is -1.09. The number of nitrogens with one attached hydrogen (secondary N) is 2. The van der Waals surface area contributed by atoms with E-state index < -0.39 is 24.2 Å². The second-order valence-electron chi connectivity index (χ2n) is 8.79. The van der Waals surface area contributed by atoms with Crippen molar-refractivity contribution in [2.45, 2.75) is 44.8 Å². The van der Waals surface area contributed by atoms with Gasteiger partial charge in [0.25, 0.3) is 0 Å². The maximum Gasteiger partial charge on any atom is 0.407 e. The molecule has 2 aromatic carbocycles. The van der Waals surface area contributed by atoms with E-state index in [-0.39, 0.29) is 37.3 Å². The van der Waals surface area contributed by atoms with Crippen LogP contribution >= 0.6 is 0 Å². The first-order chi connectivity index (χ1) is 16.3. The molecule has 1 aliphatic carbocycles. The molecule has 0 radical (unpaired) electrons. The molecule has 0 aromatic heterocycles. The highest BCUT2D eigenvalue weighted by molar-refractivity contribution is 5.86. The third kappa shape index (κ3) is 6.14. The van der Waals surface area contributed by atoms with Crippen LogP contribution in [0.2, 0.25) is 0 Å². The Morgan fingerprint density at radius 3 is 2.12 bits per heavy atom. The number of alkyl carbamates (subject to hydrolysis) is 1. The molecule has 0 heterocycles. The second-order valence-corrected chi connectivity index (χ2v) is 8.79. The summed E-state index contributed by atoms with van der Waals surface area (Å²) in [6, 6.07) is 15.4. The predicted molar refractivity (Wildman–Crippen MR) is 128 cm³/mol. The molecule has 8 nitrogen and oxygen atoms in total. The number of carboxylic acid groups (broad SMARTS) is 1. The fraction of sp³-hybridized carbons (Fsp3) is 0.423. The van der Waals surface area contributed by atoms with Crippen molar-refractivity contribution in [2.75, 3.05) is 20.3 Å². The molecule has 2 aromatic rings. The van der Waals surface area contributed by atoms with Crippen molar-refractivity contribution in [2.24, 2.45) is 5.92 Å². The molecule has 0 spiro atoms. The molecule has 182 valence electrons. The predicted octanol–water partition coefficient (Wildman–Crippen LogP) is 3.55. The molecule has 0 bridgehead atoms. The van der Waals surface area contributed by atoms with Gasteiger partial charge in [-0.2, -0.15) is 0 Å². The van der Waals surface area contributed by atoms with E-state index >= 15 is 0 Å². The van der Waals surface area contributed by atoms with Gasteiger partial charge >= 0.3 is 12.1 Å². The van der Waals surface area contributed by atoms with E-state index in [2.05, 4.69) is 22.8 Å². The van der Waals surface area contributed by atoms with Crippen LogP contribution in [0, 0.1) is 5.92 Å². The summed E-state index contributed by atoms with van der Waals surface area (Å²) in [5.41, 5.74) is 4.50. The Morgan fingerprint density at radius 1 is 1.00 bits per heavy atom. The summed E-state index contributed by atoms with van der Waals surface area (Å²) >= 11 is 0. The lowest BCUT2D eigenvalue weighted by Gasteiger charge is -2.21. The lowest BCUT2D eigenvalue weighted by atomic mass is 9.98. The molecule has 3 N–H and O–H groups in total. The van der Waals surface area contributed by atoms with Gasteiger partial charge in [0.2, 0.25) is 5.91 Å². The summed E-state index contributed by atoms with van der Waals surface area (Å²) < 4.78 is 10.4. The number of amides is 2. The molecule has 34 heavy (non-hydrogen) atoms. The zero-order valence-electron chi connectivity index (χ0n) is 19.7. The minimum absolute atomic E-state index is 0.0717. The van der Waals surface area contributed by atoms with Crippen molar-refractivity contribution in [1.29, 1.82) is 0 Å². The topological polar surface area (TPSA) is 114 Å². The van der Waals surface area contributed by atoms with E-state index in [0.29, 0.717) is 6.42 Å². The molecule has 1 aliphatic rings. The van der Waals surface area contributed by atoms with E-state index in [0.717, 1.165) is 22.3 Å². The smallest absolute Gasteiger partial charge is 0.407 e. The minimum Gasteiger partial charge on any atom is -0.479 e. The first kappa shape index (κ1) is 25.2. The summed E-state index contributed by atoms with van der Waals surface area (Å²) in [5, 5.41) is 14.4. The normalized spacial score (nSPS) is 14.1. The van der Waals surface area contributed by atoms with E-state index in [4.69, 9.17) is 14.6 Å². The highest BCUT2D eigenvalue weighted by Crippen LogP contribution is 2.44. The molecule has 1 unspecified atom stereocenters. The first-order valence-electron chi connectivity index (χ1n) is 11.5. The Morgan fingerprint density at radius 2 is 1.59 bits per heavy atom. The van der Waals surface area contributed by atoms with Crippen LogP contribution in [0.3, 0.4) is 0 Å². The number of benzene rings is 2. The Kier molecular flexibility index (Phi) is 8.65. The van der Waals surface area contributed by atoms with Crippen molar-refractivity contribution in [1.82, 2.24) is 10.6 Å². The van der Waals surface area contributed by atoms with Gasteiger partial charge < -0.3 is 25.2 Å². The molecular formula is C26H32N2O6. The highest BCUT2D eigenvalue weighted by Gasteiger charge is 2.30. The zero-order chi connectivity index (χ0) is 24.7. The van der Waals surface area contributed by atoms with Gasteiger partial charge in [0.05, 0.1) is 0 Å². The van der Waals surface area contributed by atoms with Gasteiger partial charge in [0.1, 0.15) is 12.6 Å². The van der Waals surface area contributed by atoms with Crippen molar-refractivity contribution >= 4 is 18.0 Å². The molecule has 0 aliphatic heterocycles. The van der Waals surface area contributed by atoms with Gasteiger partial charge in [-0.25, -0.2) is 9.59 Å². The Balaban J connectivity index is 1.59. The van der Waals surface area contributed by atoms with Crippen molar-refractivity contribution in [3.05, 3.63) is 59.7 Å². The maximum absolute atomic E-state index is 12.7. The molecule has 3 rings (SSSR count). The van der Waals surface area contributed by atoms with Crippen LogP contribution in [0.15, 0.2) is 48.5 Å². The van der Waals surface area contributed by atoms with Gasteiger partial charge in [-0.3, -0.25) is 4.79 Å².